The molecule has 0 spiro atoms. The van der Waals surface area contributed by atoms with Crippen LogP contribution in [0.2, 0.25) is 0 Å². The molecule has 0 saturated carbocycles. The number of carbonyl (C=O) groups is 1. The molecule has 0 unspecified atom stereocenters. The zero-order valence-electron chi connectivity index (χ0n) is 11.4. The van der Waals surface area contributed by atoms with Crippen molar-refractivity contribution >= 4 is 5.91 Å². The molecule has 19 heavy (non-hydrogen) atoms. The second-order valence-corrected chi connectivity index (χ2v) is 4.82. The fourth-order valence-electron chi connectivity index (χ4n) is 1.60. The SMILES string of the molecule is CC(C)CNCc1cccc(F)c1OCCC(N)=O. The minimum atomic E-state index is -0.462. The molecule has 0 heterocycles. The molecule has 0 aromatic heterocycles. The number of nitrogens with one attached hydrogen (secondary N) is 1. The molecular weight excluding hydrogens is 247 g/mol. The minimum Gasteiger partial charge on any atom is -0.490 e. The van der Waals surface area contributed by atoms with E-state index in [0.717, 1.165) is 12.1 Å². The van der Waals surface area contributed by atoms with Crippen molar-refractivity contribution in [3.8, 4) is 5.75 Å². The normalized spacial score (nSPS) is 10.7. The molecule has 106 valence electrons. The Morgan fingerprint density at radius 3 is 2.84 bits per heavy atom. The van der Waals surface area contributed by atoms with Crippen LogP contribution in [0.5, 0.6) is 5.75 Å². The number of nitrogens with two attached hydrogens (primary N) is 1. The van der Waals surface area contributed by atoms with Crippen LogP contribution >= 0.6 is 0 Å². The summed E-state index contributed by atoms with van der Waals surface area (Å²) in [6.45, 7) is 5.66. The van der Waals surface area contributed by atoms with E-state index < -0.39 is 11.7 Å². The highest BCUT2D eigenvalue weighted by Gasteiger charge is 2.10. The number of benzene rings is 1. The zero-order chi connectivity index (χ0) is 14.3. The zero-order valence-corrected chi connectivity index (χ0v) is 11.4. The average molecular weight is 268 g/mol. The van der Waals surface area contributed by atoms with Crippen LogP contribution in [-0.4, -0.2) is 19.1 Å². The van der Waals surface area contributed by atoms with Crippen LogP contribution in [0.4, 0.5) is 4.39 Å². The lowest BCUT2D eigenvalue weighted by Gasteiger charge is -2.13. The van der Waals surface area contributed by atoms with Gasteiger partial charge in [-0.05, 0) is 18.5 Å². The predicted molar refractivity (Wildman–Crippen MR) is 72.3 cm³/mol. The van der Waals surface area contributed by atoms with Crippen molar-refractivity contribution in [2.75, 3.05) is 13.2 Å². The van der Waals surface area contributed by atoms with Gasteiger partial charge in [-0.3, -0.25) is 4.79 Å². The third-order valence-corrected chi connectivity index (χ3v) is 2.51. The molecule has 0 aliphatic heterocycles. The number of carbonyl (C=O) groups excluding carboxylic acids is 1. The molecule has 0 aliphatic rings. The van der Waals surface area contributed by atoms with Crippen molar-refractivity contribution < 1.29 is 13.9 Å². The molecule has 1 aromatic rings. The number of halogens is 1. The van der Waals surface area contributed by atoms with Crippen LogP contribution in [0.15, 0.2) is 18.2 Å². The molecular formula is C14H21FN2O2. The first-order chi connectivity index (χ1) is 9.00. The van der Waals surface area contributed by atoms with Crippen molar-refractivity contribution in [1.29, 1.82) is 0 Å². The van der Waals surface area contributed by atoms with Gasteiger partial charge in [0.2, 0.25) is 5.91 Å². The Balaban J connectivity index is 2.63. The van der Waals surface area contributed by atoms with E-state index in [1.165, 1.54) is 6.07 Å². The summed E-state index contributed by atoms with van der Waals surface area (Å²) in [5.41, 5.74) is 5.76. The number of rotatable bonds is 8. The third-order valence-electron chi connectivity index (χ3n) is 2.51. The molecule has 0 aliphatic carbocycles. The smallest absolute Gasteiger partial charge is 0.220 e. The Kier molecular flexibility index (Phi) is 6.29. The van der Waals surface area contributed by atoms with Crippen molar-refractivity contribution in [2.45, 2.75) is 26.8 Å². The number of amides is 1. The van der Waals surface area contributed by atoms with E-state index in [0.29, 0.717) is 12.5 Å². The summed E-state index contributed by atoms with van der Waals surface area (Å²) in [6, 6.07) is 4.78. The molecule has 0 radical (unpaired) electrons. The molecule has 1 rings (SSSR count). The Morgan fingerprint density at radius 2 is 2.21 bits per heavy atom. The first-order valence-corrected chi connectivity index (χ1v) is 6.40. The van der Waals surface area contributed by atoms with Gasteiger partial charge in [-0.25, -0.2) is 4.39 Å². The lowest BCUT2D eigenvalue weighted by molar-refractivity contribution is -0.118. The Morgan fingerprint density at radius 1 is 1.47 bits per heavy atom. The van der Waals surface area contributed by atoms with Crippen molar-refractivity contribution in [1.82, 2.24) is 5.32 Å². The number of hydrogen-bond donors (Lipinski definition) is 2. The molecule has 0 fully saturated rings. The van der Waals surface area contributed by atoms with E-state index in [-0.39, 0.29) is 18.8 Å². The molecule has 0 atom stereocenters. The van der Waals surface area contributed by atoms with Crippen molar-refractivity contribution in [2.24, 2.45) is 11.7 Å². The molecule has 1 aromatic carbocycles. The number of primary amides is 1. The van der Waals surface area contributed by atoms with E-state index in [1.807, 2.05) is 0 Å². The largest absolute Gasteiger partial charge is 0.490 e. The fraction of sp³-hybridized carbons (Fsp3) is 0.500. The van der Waals surface area contributed by atoms with E-state index in [2.05, 4.69) is 19.2 Å². The summed E-state index contributed by atoms with van der Waals surface area (Å²) in [4.78, 5) is 10.6. The van der Waals surface area contributed by atoms with E-state index >= 15 is 0 Å². The van der Waals surface area contributed by atoms with Crippen LogP contribution in [-0.2, 0) is 11.3 Å². The lowest BCUT2D eigenvalue weighted by Crippen LogP contribution is -2.20. The number of para-hydroxylation sites is 1. The second kappa shape index (κ2) is 7.74. The molecule has 0 bridgehead atoms. The van der Waals surface area contributed by atoms with Gasteiger partial charge in [0.1, 0.15) is 0 Å². The highest BCUT2D eigenvalue weighted by molar-refractivity contribution is 5.73. The van der Waals surface area contributed by atoms with Gasteiger partial charge in [0.15, 0.2) is 11.6 Å². The molecule has 3 N–H and O–H groups in total. The first-order valence-electron chi connectivity index (χ1n) is 6.40. The van der Waals surface area contributed by atoms with E-state index in [1.54, 1.807) is 12.1 Å². The summed E-state index contributed by atoms with van der Waals surface area (Å²) in [5, 5.41) is 3.23. The summed E-state index contributed by atoms with van der Waals surface area (Å²) >= 11 is 0. The van der Waals surface area contributed by atoms with Gasteiger partial charge < -0.3 is 15.8 Å². The van der Waals surface area contributed by atoms with Crippen molar-refractivity contribution in [3.63, 3.8) is 0 Å². The summed E-state index contributed by atoms with van der Waals surface area (Å²) < 4.78 is 19.0. The van der Waals surface area contributed by atoms with Gasteiger partial charge in [-0.15, -0.1) is 0 Å². The van der Waals surface area contributed by atoms with Crippen LogP contribution < -0.4 is 15.8 Å². The van der Waals surface area contributed by atoms with Gasteiger partial charge in [-0.1, -0.05) is 26.0 Å². The van der Waals surface area contributed by atoms with Crippen molar-refractivity contribution in [3.05, 3.63) is 29.6 Å². The fourth-order valence-corrected chi connectivity index (χ4v) is 1.60. The summed E-state index contributed by atoms with van der Waals surface area (Å²) in [6.07, 6.45) is 0.0766. The standard InChI is InChI=1S/C14H21FN2O2/c1-10(2)8-17-9-11-4-3-5-12(15)14(11)19-7-6-13(16)18/h3-5,10,17H,6-9H2,1-2H3,(H2,16,18). The maximum Gasteiger partial charge on any atom is 0.220 e. The summed E-state index contributed by atoms with van der Waals surface area (Å²) in [5.74, 6) is -0.170. The number of hydrogen-bond acceptors (Lipinski definition) is 3. The minimum absolute atomic E-state index is 0.0766. The van der Waals surface area contributed by atoms with Crippen LogP contribution in [0.25, 0.3) is 0 Å². The first kappa shape index (κ1) is 15.4. The van der Waals surface area contributed by atoms with Gasteiger partial charge in [0.05, 0.1) is 13.0 Å². The molecule has 0 saturated heterocycles. The quantitative estimate of drug-likeness (QED) is 0.756. The maximum absolute atomic E-state index is 13.7. The van der Waals surface area contributed by atoms with Gasteiger partial charge in [-0.2, -0.15) is 0 Å². The Hall–Kier alpha value is -1.62. The van der Waals surface area contributed by atoms with Crippen LogP contribution in [0.1, 0.15) is 25.8 Å². The molecule has 5 heteroatoms. The Bertz CT molecular complexity index is 422. The molecule has 4 nitrogen and oxygen atoms in total. The monoisotopic (exact) mass is 268 g/mol. The predicted octanol–water partition coefficient (Wildman–Crippen LogP) is 1.83. The number of ether oxygens (including phenoxy) is 1. The maximum atomic E-state index is 13.7. The van der Waals surface area contributed by atoms with Crippen LogP contribution in [0, 0.1) is 11.7 Å². The topological polar surface area (TPSA) is 64.3 Å². The average Bonchev–Trinajstić information content (AvgIpc) is 2.31. The molecule has 1 amide bonds. The van der Waals surface area contributed by atoms with Gasteiger partial charge in [0, 0.05) is 12.1 Å². The van der Waals surface area contributed by atoms with Crippen LogP contribution in [0.3, 0.4) is 0 Å². The van der Waals surface area contributed by atoms with Gasteiger partial charge >= 0.3 is 0 Å². The highest BCUT2D eigenvalue weighted by Crippen LogP contribution is 2.22. The highest BCUT2D eigenvalue weighted by atomic mass is 19.1. The lowest BCUT2D eigenvalue weighted by atomic mass is 10.1. The second-order valence-electron chi connectivity index (χ2n) is 4.82. The Labute approximate surface area is 113 Å². The van der Waals surface area contributed by atoms with Gasteiger partial charge in [0.25, 0.3) is 0 Å². The van der Waals surface area contributed by atoms with E-state index in [4.69, 9.17) is 10.5 Å². The third kappa shape index (κ3) is 5.70. The summed E-state index contributed by atoms with van der Waals surface area (Å²) in [7, 11) is 0. The van der Waals surface area contributed by atoms with E-state index in [9.17, 15) is 9.18 Å².